The fourth-order valence-corrected chi connectivity index (χ4v) is 3.30. The summed E-state index contributed by atoms with van der Waals surface area (Å²) in [5.74, 6) is -0.102. The highest BCUT2D eigenvalue weighted by Crippen LogP contribution is 2.48. The van der Waals surface area contributed by atoms with Crippen LogP contribution in [0.5, 0.6) is 0 Å². The number of nitriles is 1. The van der Waals surface area contributed by atoms with Crippen LogP contribution in [-0.2, 0) is 0 Å². The summed E-state index contributed by atoms with van der Waals surface area (Å²) in [5, 5.41) is 20.2. The van der Waals surface area contributed by atoms with Gasteiger partial charge in [0.1, 0.15) is 5.82 Å². The van der Waals surface area contributed by atoms with Crippen molar-refractivity contribution in [1.29, 1.82) is 5.26 Å². The number of hydrogen-bond acceptors (Lipinski definition) is 2. The van der Waals surface area contributed by atoms with Gasteiger partial charge in [-0.05, 0) is 36.5 Å². The number of hydrogen-bond donors (Lipinski definition) is 1. The van der Waals surface area contributed by atoms with Gasteiger partial charge >= 0.3 is 0 Å². The second-order valence-corrected chi connectivity index (χ2v) is 6.12. The average molecular weight is 296 g/mol. The molecule has 0 spiro atoms. The molecule has 1 aliphatic rings. The summed E-state index contributed by atoms with van der Waals surface area (Å²) in [6.45, 7) is 2.10. The summed E-state index contributed by atoms with van der Waals surface area (Å²) < 4.78 is 13.6. The summed E-state index contributed by atoms with van der Waals surface area (Å²) in [6.07, 6.45) is 3.40. The lowest BCUT2D eigenvalue weighted by Gasteiger charge is -2.39. The van der Waals surface area contributed by atoms with E-state index in [1.165, 1.54) is 12.1 Å². The molecule has 108 valence electrons. The largest absolute Gasteiger partial charge is 0.387 e. The second-order valence-electron chi connectivity index (χ2n) is 5.71. The third kappa shape index (κ3) is 2.82. The molecule has 4 heteroatoms. The van der Waals surface area contributed by atoms with Gasteiger partial charge in [-0.15, -0.1) is 0 Å². The quantitative estimate of drug-likeness (QED) is 0.884. The summed E-state index contributed by atoms with van der Waals surface area (Å²) in [4.78, 5) is 0. The Bertz CT molecular complexity index is 528. The summed E-state index contributed by atoms with van der Waals surface area (Å²) in [7, 11) is 0. The van der Waals surface area contributed by atoms with Crippen LogP contribution in [0.25, 0.3) is 0 Å². The minimum Gasteiger partial charge on any atom is -0.387 e. The topological polar surface area (TPSA) is 44.0 Å². The molecule has 0 bridgehead atoms. The fourth-order valence-electron chi connectivity index (χ4n) is 3.19. The Balaban J connectivity index is 2.30. The van der Waals surface area contributed by atoms with Gasteiger partial charge in [0, 0.05) is 0 Å². The third-order valence-corrected chi connectivity index (χ3v) is 4.78. The van der Waals surface area contributed by atoms with Gasteiger partial charge in [-0.3, -0.25) is 0 Å². The molecule has 3 atom stereocenters. The van der Waals surface area contributed by atoms with Crippen LogP contribution in [0.1, 0.15) is 50.7 Å². The summed E-state index contributed by atoms with van der Waals surface area (Å²) >= 11 is 5.66. The van der Waals surface area contributed by atoms with Gasteiger partial charge in [0.2, 0.25) is 0 Å². The summed E-state index contributed by atoms with van der Waals surface area (Å²) in [5.41, 5.74) is -0.371. The van der Waals surface area contributed by atoms with E-state index in [4.69, 9.17) is 11.6 Å². The predicted octanol–water partition coefficient (Wildman–Crippen LogP) is 4.62. The minimum absolute atomic E-state index is 0.0297. The lowest BCUT2D eigenvalue weighted by molar-refractivity contribution is 0.0183. The van der Waals surface area contributed by atoms with E-state index in [1.54, 1.807) is 6.07 Å². The Hall–Kier alpha value is -1.11. The standard InChI is InChI=1S/C16H19ClFNO/c1-2-11-4-3-7-16(9-11,10-19)15(20)12-5-6-13(17)14(18)8-12/h5-6,8,11,15,20H,2-4,7,9H2,1H3. The number of halogens is 2. The maximum absolute atomic E-state index is 13.6. The van der Waals surface area contributed by atoms with E-state index < -0.39 is 17.3 Å². The SMILES string of the molecule is CCC1CCCC(C#N)(C(O)c2ccc(Cl)c(F)c2)C1. The highest BCUT2D eigenvalue weighted by Gasteiger charge is 2.43. The highest BCUT2D eigenvalue weighted by molar-refractivity contribution is 6.30. The van der Waals surface area contributed by atoms with Crippen molar-refractivity contribution in [2.75, 3.05) is 0 Å². The number of benzene rings is 1. The maximum atomic E-state index is 13.6. The Kier molecular flexibility index (Phi) is 4.67. The number of aliphatic hydroxyl groups excluding tert-OH is 1. The van der Waals surface area contributed by atoms with Crippen LogP contribution in [-0.4, -0.2) is 5.11 Å². The molecule has 1 N–H and O–H groups in total. The van der Waals surface area contributed by atoms with Crippen LogP contribution in [0.2, 0.25) is 5.02 Å². The van der Waals surface area contributed by atoms with Crippen molar-refractivity contribution in [2.45, 2.75) is 45.1 Å². The van der Waals surface area contributed by atoms with Gasteiger partial charge in [0.05, 0.1) is 22.6 Å². The van der Waals surface area contributed by atoms with Crippen LogP contribution in [0.4, 0.5) is 4.39 Å². The fraction of sp³-hybridized carbons (Fsp3) is 0.562. The molecule has 2 rings (SSSR count). The number of rotatable bonds is 3. The van der Waals surface area contributed by atoms with Crippen LogP contribution in [0.3, 0.4) is 0 Å². The van der Waals surface area contributed by atoms with E-state index in [1.807, 2.05) is 0 Å². The molecule has 0 amide bonds. The molecule has 0 aromatic heterocycles. The third-order valence-electron chi connectivity index (χ3n) is 4.47. The molecule has 0 saturated heterocycles. The first-order valence-electron chi connectivity index (χ1n) is 7.06. The Morgan fingerprint density at radius 1 is 1.60 bits per heavy atom. The molecule has 3 unspecified atom stereocenters. The Morgan fingerprint density at radius 2 is 2.35 bits per heavy atom. The van der Waals surface area contributed by atoms with E-state index in [9.17, 15) is 14.8 Å². The van der Waals surface area contributed by atoms with Crippen molar-refractivity contribution < 1.29 is 9.50 Å². The Labute approximate surface area is 124 Å². The van der Waals surface area contributed by atoms with Crippen molar-refractivity contribution >= 4 is 11.6 Å². The van der Waals surface area contributed by atoms with E-state index in [2.05, 4.69) is 13.0 Å². The van der Waals surface area contributed by atoms with E-state index in [-0.39, 0.29) is 5.02 Å². The molecule has 0 aliphatic heterocycles. The molecule has 0 heterocycles. The zero-order chi connectivity index (χ0) is 14.8. The van der Waals surface area contributed by atoms with Crippen molar-refractivity contribution in [3.8, 4) is 6.07 Å². The zero-order valence-electron chi connectivity index (χ0n) is 11.6. The first-order chi connectivity index (χ1) is 9.52. The smallest absolute Gasteiger partial charge is 0.142 e. The number of nitrogens with zero attached hydrogens (tertiary/aromatic N) is 1. The minimum atomic E-state index is -0.964. The van der Waals surface area contributed by atoms with Gasteiger partial charge in [-0.2, -0.15) is 5.26 Å². The zero-order valence-corrected chi connectivity index (χ0v) is 12.3. The molecule has 1 saturated carbocycles. The first-order valence-corrected chi connectivity index (χ1v) is 7.44. The lowest BCUT2D eigenvalue weighted by atomic mass is 9.65. The van der Waals surface area contributed by atoms with Crippen molar-refractivity contribution in [3.63, 3.8) is 0 Å². The van der Waals surface area contributed by atoms with Crippen LogP contribution >= 0.6 is 11.6 Å². The van der Waals surface area contributed by atoms with Gasteiger partial charge < -0.3 is 5.11 Å². The molecule has 2 nitrogen and oxygen atoms in total. The van der Waals surface area contributed by atoms with Crippen molar-refractivity contribution in [3.05, 3.63) is 34.6 Å². The van der Waals surface area contributed by atoms with Gasteiger partial charge in [-0.25, -0.2) is 4.39 Å². The van der Waals surface area contributed by atoms with Crippen LogP contribution < -0.4 is 0 Å². The van der Waals surface area contributed by atoms with E-state index in [0.29, 0.717) is 24.3 Å². The molecular weight excluding hydrogens is 277 g/mol. The number of aliphatic hydroxyl groups is 1. The maximum Gasteiger partial charge on any atom is 0.142 e. The molecule has 0 radical (unpaired) electrons. The van der Waals surface area contributed by atoms with Gasteiger partial charge in [-0.1, -0.05) is 43.9 Å². The molecule has 1 fully saturated rings. The van der Waals surface area contributed by atoms with Crippen molar-refractivity contribution in [1.82, 2.24) is 0 Å². The lowest BCUT2D eigenvalue weighted by Crippen LogP contribution is -2.33. The highest BCUT2D eigenvalue weighted by atomic mass is 35.5. The van der Waals surface area contributed by atoms with Crippen LogP contribution in [0, 0.1) is 28.5 Å². The normalized spacial score (nSPS) is 27.9. The van der Waals surface area contributed by atoms with E-state index in [0.717, 1.165) is 19.3 Å². The molecule has 1 aliphatic carbocycles. The molecule has 1 aromatic carbocycles. The molecule has 20 heavy (non-hydrogen) atoms. The average Bonchev–Trinajstić information content (AvgIpc) is 2.49. The molecular formula is C16H19ClFNO. The van der Waals surface area contributed by atoms with Gasteiger partial charge in [0.25, 0.3) is 0 Å². The van der Waals surface area contributed by atoms with E-state index >= 15 is 0 Å². The first kappa shape index (κ1) is 15.3. The Morgan fingerprint density at radius 3 is 2.95 bits per heavy atom. The summed E-state index contributed by atoms with van der Waals surface area (Å²) in [6, 6.07) is 6.58. The predicted molar refractivity (Wildman–Crippen MR) is 76.7 cm³/mol. The van der Waals surface area contributed by atoms with Crippen LogP contribution in [0.15, 0.2) is 18.2 Å². The van der Waals surface area contributed by atoms with Crippen molar-refractivity contribution in [2.24, 2.45) is 11.3 Å². The molecule has 1 aromatic rings. The monoisotopic (exact) mass is 295 g/mol. The van der Waals surface area contributed by atoms with Gasteiger partial charge in [0.15, 0.2) is 0 Å². The second kappa shape index (κ2) is 6.11.